The summed E-state index contributed by atoms with van der Waals surface area (Å²) in [5.74, 6) is 0.235. The van der Waals surface area contributed by atoms with Gasteiger partial charge in [-0.3, -0.25) is 0 Å². The van der Waals surface area contributed by atoms with E-state index in [1.54, 1.807) is 24.3 Å². The summed E-state index contributed by atoms with van der Waals surface area (Å²) in [6, 6.07) is 11.7. The number of hydrogen-bond acceptors (Lipinski definition) is 2. The molecule has 0 saturated heterocycles. The van der Waals surface area contributed by atoms with Gasteiger partial charge in [0.15, 0.2) is 0 Å². The fraction of sp³-hybridized carbons (Fsp3) is 0.294. The highest BCUT2D eigenvalue weighted by atomic mass is 35.5. The fourth-order valence-electron chi connectivity index (χ4n) is 2.05. The SMILES string of the molecule is CCCC(O)c1ccc(OCc2c(F)cccc2Cl)cc1. The maximum absolute atomic E-state index is 13.6. The first-order valence-corrected chi connectivity index (χ1v) is 7.33. The lowest BCUT2D eigenvalue weighted by molar-refractivity contribution is 0.166. The van der Waals surface area contributed by atoms with Crippen LogP contribution in [0, 0.1) is 5.82 Å². The molecule has 1 N–H and O–H groups in total. The number of benzene rings is 2. The highest BCUT2D eigenvalue weighted by Gasteiger charge is 2.09. The third-order valence-electron chi connectivity index (χ3n) is 3.27. The Morgan fingerprint density at radius 2 is 1.90 bits per heavy atom. The second kappa shape index (κ2) is 7.43. The smallest absolute Gasteiger partial charge is 0.131 e. The number of rotatable bonds is 6. The van der Waals surface area contributed by atoms with Gasteiger partial charge in [-0.05, 0) is 36.2 Å². The maximum Gasteiger partial charge on any atom is 0.131 e. The number of aliphatic hydroxyl groups excluding tert-OH is 1. The van der Waals surface area contributed by atoms with E-state index < -0.39 is 6.10 Å². The molecule has 0 heterocycles. The summed E-state index contributed by atoms with van der Waals surface area (Å²) in [4.78, 5) is 0. The van der Waals surface area contributed by atoms with Crippen molar-refractivity contribution in [3.05, 3.63) is 64.4 Å². The molecule has 2 nitrogen and oxygen atoms in total. The summed E-state index contributed by atoms with van der Waals surface area (Å²) in [5.41, 5.74) is 1.20. The molecule has 1 unspecified atom stereocenters. The average molecular weight is 309 g/mol. The maximum atomic E-state index is 13.6. The molecule has 0 aromatic heterocycles. The molecule has 2 aromatic carbocycles. The Morgan fingerprint density at radius 1 is 1.19 bits per heavy atom. The highest BCUT2D eigenvalue weighted by molar-refractivity contribution is 6.31. The van der Waals surface area contributed by atoms with Gasteiger partial charge in [-0.15, -0.1) is 0 Å². The number of halogens is 2. The lowest BCUT2D eigenvalue weighted by Gasteiger charge is -2.12. The third-order valence-corrected chi connectivity index (χ3v) is 3.63. The standard InChI is InChI=1S/C17H18ClFO2/c1-2-4-17(20)12-7-9-13(10-8-12)21-11-14-15(18)5-3-6-16(14)19/h3,5-10,17,20H,2,4,11H2,1H3. The van der Waals surface area contributed by atoms with E-state index in [0.29, 0.717) is 16.3 Å². The number of hydrogen-bond donors (Lipinski definition) is 1. The van der Waals surface area contributed by atoms with E-state index in [-0.39, 0.29) is 12.4 Å². The van der Waals surface area contributed by atoms with Crippen LogP contribution in [-0.2, 0) is 6.61 Å². The van der Waals surface area contributed by atoms with E-state index in [1.165, 1.54) is 6.07 Å². The lowest BCUT2D eigenvalue weighted by Crippen LogP contribution is -2.00. The topological polar surface area (TPSA) is 29.5 Å². The van der Waals surface area contributed by atoms with E-state index >= 15 is 0 Å². The second-order valence-electron chi connectivity index (χ2n) is 4.86. The van der Waals surface area contributed by atoms with Crippen molar-refractivity contribution in [3.8, 4) is 5.75 Å². The van der Waals surface area contributed by atoms with E-state index in [4.69, 9.17) is 16.3 Å². The van der Waals surface area contributed by atoms with E-state index in [1.807, 2.05) is 19.1 Å². The quantitative estimate of drug-likeness (QED) is 0.823. The highest BCUT2D eigenvalue weighted by Crippen LogP contribution is 2.24. The molecule has 1 atom stereocenters. The minimum Gasteiger partial charge on any atom is -0.489 e. The zero-order valence-corrected chi connectivity index (χ0v) is 12.6. The third kappa shape index (κ3) is 4.19. The van der Waals surface area contributed by atoms with E-state index in [0.717, 1.165) is 18.4 Å². The summed E-state index contributed by atoms with van der Waals surface area (Å²) in [6.07, 6.45) is 1.20. The predicted octanol–water partition coefficient (Wildman–Crippen LogP) is 4.89. The van der Waals surface area contributed by atoms with Crippen LogP contribution in [0.1, 0.15) is 37.0 Å². The lowest BCUT2D eigenvalue weighted by atomic mass is 10.1. The molecular weight excluding hydrogens is 291 g/mol. The molecular formula is C17H18ClFO2. The molecule has 4 heteroatoms. The number of ether oxygens (including phenoxy) is 1. The molecule has 2 rings (SSSR count). The van der Waals surface area contributed by atoms with Crippen LogP contribution in [-0.4, -0.2) is 5.11 Å². The molecule has 0 aliphatic rings. The van der Waals surface area contributed by atoms with Gasteiger partial charge in [0.1, 0.15) is 18.2 Å². The van der Waals surface area contributed by atoms with Crippen LogP contribution in [0.2, 0.25) is 5.02 Å². The number of aliphatic hydroxyl groups is 1. The van der Waals surface area contributed by atoms with Crippen molar-refractivity contribution in [2.24, 2.45) is 0 Å². The van der Waals surface area contributed by atoms with Crippen molar-refractivity contribution < 1.29 is 14.2 Å². The van der Waals surface area contributed by atoms with Crippen molar-refractivity contribution in [1.29, 1.82) is 0 Å². The van der Waals surface area contributed by atoms with Gasteiger partial charge < -0.3 is 9.84 Å². The minimum absolute atomic E-state index is 0.0718. The zero-order chi connectivity index (χ0) is 15.2. The van der Waals surface area contributed by atoms with Gasteiger partial charge >= 0.3 is 0 Å². The van der Waals surface area contributed by atoms with Crippen LogP contribution in [0.3, 0.4) is 0 Å². The first-order chi connectivity index (χ1) is 10.1. The molecule has 0 fully saturated rings. The summed E-state index contributed by atoms with van der Waals surface area (Å²) < 4.78 is 19.2. The van der Waals surface area contributed by atoms with Crippen LogP contribution < -0.4 is 4.74 Å². The second-order valence-corrected chi connectivity index (χ2v) is 5.27. The summed E-state index contributed by atoms with van der Waals surface area (Å²) in [5, 5.41) is 10.2. The Morgan fingerprint density at radius 3 is 2.52 bits per heavy atom. The van der Waals surface area contributed by atoms with Crippen LogP contribution in [0.25, 0.3) is 0 Å². The van der Waals surface area contributed by atoms with Crippen LogP contribution in [0.5, 0.6) is 5.75 Å². The van der Waals surface area contributed by atoms with Crippen molar-refractivity contribution in [2.45, 2.75) is 32.5 Å². The Balaban J connectivity index is 2.01. The molecule has 2 aromatic rings. The molecule has 0 amide bonds. The normalized spacial score (nSPS) is 12.2. The Labute approximate surface area is 129 Å². The molecule has 112 valence electrons. The van der Waals surface area contributed by atoms with Gasteiger partial charge in [0.2, 0.25) is 0 Å². The molecule has 21 heavy (non-hydrogen) atoms. The predicted molar refractivity (Wildman–Crippen MR) is 82.1 cm³/mol. The van der Waals surface area contributed by atoms with Crippen molar-refractivity contribution in [2.75, 3.05) is 0 Å². The van der Waals surface area contributed by atoms with Crippen molar-refractivity contribution in [1.82, 2.24) is 0 Å². The van der Waals surface area contributed by atoms with Gasteiger partial charge in [-0.25, -0.2) is 4.39 Å². The van der Waals surface area contributed by atoms with E-state index in [2.05, 4.69) is 0 Å². The summed E-state index contributed by atoms with van der Waals surface area (Å²) >= 11 is 5.94. The van der Waals surface area contributed by atoms with Gasteiger partial charge in [0, 0.05) is 5.56 Å². The summed E-state index contributed by atoms with van der Waals surface area (Å²) in [6.45, 7) is 2.10. The Kier molecular flexibility index (Phi) is 5.59. The zero-order valence-electron chi connectivity index (χ0n) is 11.9. The molecule has 0 saturated carbocycles. The van der Waals surface area contributed by atoms with Gasteiger partial charge in [-0.2, -0.15) is 0 Å². The van der Waals surface area contributed by atoms with Crippen LogP contribution in [0.4, 0.5) is 4.39 Å². The van der Waals surface area contributed by atoms with Gasteiger partial charge in [0.25, 0.3) is 0 Å². The molecule has 0 bridgehead atoms. The minimum atomic E-state index is -0.454. The molecule has 0 radical (unpaired) electrons. The average Bonchev–Trinajstić information content (AvgIpc) is 2.47. The first kappa shape index (κ1) is 15.8. The fourth-order valence-corrected chi connectivity index (χ4v) is 2.27. The van der Waals surface area contributed by atoms with Crippen molar-refractivity contribution in [3.63, 3.8) is 0 Å². The molecule has 0 spiro atoms. The Hall–Kier alpha value is -1.58. The van der Waals surface area contributed by atoms with Gasteiger partial charge in [-0.1, -0.05) is 43.1 Å². The van der Waals surface area contributed by atoms with Gasteiger partial charge in [0.05, 0.1) is 11.1 Å². The molecule has 0 aliphatic heterocycles. The van der Waals surface area contributed by atoms with Crippen molar-refractivity contribution >= 4 is 11.6 Å². The molecule has 0 aliphatic carbocycles. The van der Waals surface area contributed by atoms with Crippen LogP contribution in [0.15, 0.2) is 42.5 Å². The van der Waals surface area contributed by atoms with E-state index in [9.17, 15) is 9.50 Å². The van der Waals surface area contributed by atoms with Crippen LogP contribution >= 0.6 is 11.6 Å². The summed E-state index contributed by atoms with van der Waals surface area (Å²) in [7, 11) is 0. The monoisotopic (exact) mass is 308 g/mol. The Bertz CT molecular complexity index is 564. The first-order valence-electron chi connectivity index (χ1n) is 6.95. The largest absolute Gasteiger partial charge is 0.489 e.